The summed E-state index contributed by atoms with van der Waals surface area (Å²) >= 11 is 0. The second kappa shape index (κ2) is 6.97. The number of amides is 1. The molecule has 2 unspecified atom stereocenters. The van der Waals surface area contributed by atoms with Crippen LogP contribution in [0.1, 0.15) is 46.0 Å². The van der Waals surface area contributed by atoms with Crippen molar-refractivity contribution in [2.45, 2.75) is 64.1 Å². The quantitative estimate of drug-likeness (QED) is 0.761. The van der Waals surface area contributed by atoms with Crippen LogP contribution in [-0.4, -0.2) is 42.6 Å². The number of ether oxygens (including phenoxy) is 1. The zero-order chi connectivity index (χ0) is 12.8. The van der Waals surface area contributed by atoms with Crippen LogP contribution >= 0.6 is 0 Å². The summed E-state index contributed by atoms with van der Waals surface area (Å²) in [5, 5.41) is 0. The van der Waals surface area contributed by atoms with E-state index in [1.807, 2.05) is 20.9 Å². The Bertz CT molecular complexity index is 244. The molecule has 4 heteroatoms. The number of likely N-dealkylation sites (N-methyl/N-ethyl adjacent to an activating group) is 1. The van der Waals surface area contributed by atoms with Crippen molar-refractivity contribution in [1.82, 2.24) is 4.90 Å². The van der Waals surface area contributed by atoms with Gasteiger partial charge in [-0.25, -0.2) is 0 Å². The third-order valence-corrected chi connectivity index (χ3v) is 3.59. The summed E-state index contributed by atoms with van der Waals surface area (Å²) in [6.45, 7) is 4.15. The van der Waals surface area contributed by atoms with Crippen LogP contribution in [0.2, 0.25) is 0 Å². The highest BCUT2D eigenvalue weighted by Gasteiger charge is 2.22. The number of hydrogen-bond acceptors (Lipinski definition) is 3. The highest BCUT2D eigenvalue weighted by molar-refractivity contribution is 5.77. The topological polar surface area (TPSA) is 55.6 Å². The predicted octanol–water partition coefficient (Wildman–Crippen LogP) is 1.53. The standard InChI is InChI=1S/C13H26N2O2/c1-10(2)15(3)13(16)9-17-12-8-6-4-5-7-11(12)14/h10-12H,4-9,14H2,1-3H3. The van der Waals surface area contributed by atoms with Gasteiger partial charge in [-0.05, 0) is 26.7 Å². The second-order valence-electron chi connectivity index (χ2n) is 5.25. The molecule has 0 saturated heterocycles. The third-order valence-electron chi connectivity index (χ3n) is 3.59. The number of nitrogens with two attached hydrogens (primary N) is 1. The molecule has 0 heterocycles. The third kappa shape index (κ3) is 4.64. The molecule has 1 amide bonds. The van der Waals surface area contributed by atoms with Gasteiger partial charge < -0.3 is 15.4 Å². The number of carbonyl (C=O) groups excluding carboxylic acids is 1. The van der Waals surface area contributed by atoms with Crippen molar-refractivity contribution in [3.8, 4) is 0 Å². The van der Waals surface area contributed by atoms with Crippen molar-refractivity contribution in [1.29, 1.82) is 0 Å². The van der Waals surface area contributed by atoms with E-state index >= 15 is 0 Å². The smallest absolute Gasteiger partial charge is 0.248 e. The minimum Gasteiger partial charge on any atom is -0.367 e. The maximum absolute atomic E-state index is 11.8. The van der Waals surface area contributed by atoms with E-state index in [1.54, 1.807) is 4.90 Å². The molecule has 17 heavy (non-hydrogen) atoms. The van der Waals surface area contributed by atoms with Crippen LogP contribution < -0.4 is 5.73 Å². The van der Waals surface area contributed by atoms with Gasteiger partial charge in [0.1, 0.15) is 6.61 Å². The maximum atomic E-state index is 11.8. The molecule has 1 fully saturated rings. The summed E-state index contributed by atoms with van der Waals surface area (Å²) in [4.78, 5) is 13.5. The second-order valence-corrected chi connectivity index (χ2v) is 5.25. The van der Waals surface area contributed by atoms with Gasteiger partial charge in [-0.3, -0.25) is 4.79 Å². The summed E-state index contributed by atoms with van der Waals surface area (Å²) in [5.74, 6) is 0.0384. The van der Waals surface area contributed by atoms with E-state index in [0.29, 0.717) is 0 Å². The van der Waals surface area contributed by atoms with Crippen LogP contribution in [0.4, 0.5) is 0 Å². The van der Waals surface area contributed by atoms with Gasteiger partial charge in [0.15, 0.2) is 0 Å². The first-order valence-corrected chi connectivity index (χ1v) is 6.65. The Balaban J connectivity index is 2.35. The molecule has 0 aliphatic heterocycles. The largest absolute Gasteiger partial charge is 0.367 e. The molecule has 0 aromatic carbocycles. The van der Waals surface area contributed by atoms with Crippen molar-refractivity contribution in [3.63, 3.8) is 0 Å². The number of hydrogen-bond donors (Lipinski definition) is 1. The van der Waals surface area contributed by atoms with Gasteiger partial charge in [0, 0.05) is 19.1 Å². The molecular weight excluding hydrogens is 216 g/mol. The molecule has 0 spiro atoms. The molecule has 2 N–H and O–H groups in total. The monoisotopic (exact) mass is 242 g/mol. The molecular formula is C13H26N2O2. The lowest BCUT2D eigenvalue weighted by Crippen LogP contribution is -2.40. The summed E-state index contributed by atoms with van der Waals surface area (Å²) < 4.78 is 5.69. The van der Waals surface area contributed by atoms with E-state index in [1.165, 1.54) is 12.8 Å². The van der Waals surface area contributed by atoms with Crippen molar-refractivity contribution >= 4 is 5.91 Å². The van der Waals surface area contributed by atoms with Crippen LogP contribution in [0.25, 0.3) is 0 Å². The van der Waals surface area contributed by atoms with Crippen molar-refractivity contribution in [3.05, 3.63) is 0 Å². The minimum absolute atomic E-state index is 0.0384. The van der Waals surface area contributed by atoms with Gasteiger partial charge in [-0.2, -0.15) is 0 Å². The zero-order valence-corrected chi connectivity index (χ0v) is 11.3. The number of carbonyl (C=O) groups is 1. The summed E-state index contributed by atoms with van der Waals surface area (Å²) in [5.41, 5.74) is 6.05. The molecule has 0 aromatic rings. The fraction of sp³-hybridized carbons (Fsp3) is 0.923. The van der Waals surface area contributed by atoms with Crippen molar-refractivity contribution in [2.24, 2.45) is 5.73 Å². The molecule has 1 rings (SSSR count). The van der Waals surface area contributed by atoms with Gasteiger partial charge in [0.25, 0.3) is 0 Å². The van der Waals surface area contributed by atoms with Gasteiger partial charge in [0.05, 0.1) is 6.10 Å². The normalized spacial score (nSPS) is 25.7. The Kier molecular flexibility index (Phi) is 5.92. The van der Waals surface area contributed by atoms with Crippen LogP contribution in [0.15, 0.2) is 0 Å². The molecule has 1 saturated carbocycles. The predicted molar refractivity (Wildman–Crippen MR) is 68.7 cm³/mol. The van der Waals surface area contributed by atoms with E-state index in [2.05, 4.69) is 0 Å². The van der Waals surface area contributed by atoms with E-state index in [9.17, 15) is 4.79 Å². The van der Waals surface area contributed by atoms with E-state index in [0.717, 1.165) is 19.3 Å². The molecule has 1 aliphatic carbocycles. The van der Waals surface area contributed by atoms with E-state index in [-0.39, 0.29) is 30.7 Å². The van der Waals surface area contributed by atoms with Gasteiger partial charge in [-0.1, -0.05) is 19.3 Å². The Hall–Kier alpha value is -0.610. The van der Waals surface area contributed by atoms with Crippen LogP contribution in [0.5, 0.6) is 0 Å². The van der Waals surface area contributed by atoms with Crippen molar-refractivity contribution in [2.75, 3.05) is 13.7 Å². The lowest BCUT2D eigenvalue weighted by molar-refractivity contribution is -0.138. The first-order valence-electron chi connectivity index (χ1n) is 6.65. The Morgan fingerprint density at radius 2 is 2.00 bits per heavy atom. The van der Waals surface area contributed by atoms with Crippen LogP contribution in [-0.2, 0) is 9.53 Å². The Morgan fingerprint density at radius 1 is 1.35 bits per heavy atom. The lowest BCUT2D eigenvalue weighted by atomic mass is 10.1. The fourth-order valence-electron chi connectivity index (χ4n) is 2.08. The molecule has 0 bridgehead atoms. The molecule has 0 radical (unpaired) electrons. The Morgan fingerprint density at radius 3 is 2.65 bits per heavy atom. The van der Waals surface area contributed by atoms with Crippen LogP contribution in [0.3, 0.4) is 0 Å². The summed E-state index contributed by atoms with van der Waals surface area (Å²) in [6, 6.07) is 0.309. The SMILES string of the molecule is CC(C)N(C)C(=O)COC1CCCCCC1N. The Labute approximate surface area is 104 Å². The minimum atomic E-state index is 0.0384. The number of rotatable bonds is 4. The molecule has 4 nitrogen and oxygen atoms in total. The average Bonchev–Trinajstić information content (AvgIpc) is 2.49. The van der Waals surface area contributed by atoms with Crippen LogP contribution in [0, 0.1) is 0 Å². The molecule has 100 valence electrons. The van der Waals surface area contributed by atoms with Gasteiger partial charge >= 0.3 is 0 Å². The first-order chi connectivity index (χ1) is 8.02. The maximum Gasteiger partial charge on any atom is 0.248 e. The number of nitrogens with zero attached hydrogens (tertiary/aromatic N) is 1. The van der Waals surface area contributed by atoms with E-state index < -0.39 is 0 Å². The lowest BCUT2D eigenvalue weighted by Gasteiger charge is -2.25. The molecule has 1 aliphatic rings. The van der Waals surface area contributed by atoms with Gasteiger partial charge in [0.2, 0.25) is 5.91 Å². The highest BCUT2D eigenvalue weighted by atomic mass is 16.5. The summed E-state index contributed by atoms with van der Waals surface area (Å²) in [6.07, 6.45) is 5.63. The van der Waals surface area contributed by atoms with E-state index in [4.69, 9.17) is 10.5 Å². The highest BCUT2D eigenvalue weighted by Crippen LogP contribution is 2.19. The fourth-order valence-corrected chi connectivity index (χ4v) is 2.08. The van der Waals surface area contributed by atoms with Gasteiger partial charge in [-0.15, -0.1) is 0 Å². The molecule has 0 aromatic heterocycles. The average molecular weight is 242 g/mol. The first kappa shape index (κ1) is 14.5. The molecule has 2 atom stereocenters. The summed E-state index contributed by atoms with van der Waals surface area (Å²) in [7, 11) is 1.81. The van der Waals surface area contributed by atoms with Crippen molar-refractivity contribution < 1.29 is 9.53 Å². The zero-order valence-electron chi connectivity index (χ0n) is 11.3.